The Morgan fingerprint density at radius 2 is 1.59 bits per heavy atom. The van der Waals surface area contributed by atoms with Crippen molar-refractivity contribution in [1.82, 2.24) is 0 Å². The molecule has 0 saturated carbocycles. The Hall–Kier alpha value is -4.08. The molecule has 7 nitrogen and oxygen atoms in total. The van der Waals surface area contributed by atoms with E-state index < -0.39 is 40.2 Å². The lowest BCUT2D eigenvalue weighted by Crippen LogP contribution is -2.19. The second-order valence-corrected chi connectivity index (χ2v) is 6.51. The highest BCUT2D eigenvalue weighted by Crippen LogP contribution is 2.46. The Morgan fingerprint density at radius 1 is 1.00 bits per heavy atom. The Morgan fingerprint density at radius 3 is 2.16 bits per heavy atom. The molecule has 0 aliphatic carbocycles. The number of rotatable bonds is 7. The molecule has 0 aliphatic rings. The van der Waals surface area contributed by atoms with Gasteiger partial charge in [0.25, 0.3) is 0 Å². The third-order valence-electron chi connectivity index (χ3n) is 4.27. The third kappa shape index (κ3) is 5.54. The van der Waals surface area contributed by atoms with Gasteiger partial charge in [-0.2, -0.15) is 0 Å². The van der Waals surface area contributed by atoms with Crippen LogP contribution in [0.25, 0.3) is 0 Å². The smallest absolute Gasteiger partial charge is 0.479 e. The summed E-state index contributed by atoms with van der Waals surface area (Å²) in [5, 5.41) is 11.6. The number of nitrogens with zero attached hydrogens (tertiary/aromatic N) is 1. The van der Waals surface area contributed by atoms with Gasteiger partial charge < -0.3 is 14.2 Å². The Kier molecular flexibility index (Phi) is 6.62. The van der Waals surface area contributed by atoms with Gasteiger partial charge in [-0.25, -0.2) is 4.79 Å². The maximum absolute atomic E-state index is 12.9. The fraction of sp³-hybridized carbons (Fsp3) is 0.136. The molecular weight excluding hydrogens is 431 g/mol. The average molecular weight is 447 g/mol. The standard InChI is InChI=1S/C22H16F3NO6/c1-14-18(32-22(23,24)25)12-17(26(28)29)20(30-13-15-8-4-2-5-9-15)19(14)31-21(27)16-10-6-3-7-11-16/h2-12H,13H2,1H3. The van der Waals surface area contributed by atoms with Crippen LogP contribution in [0, 0.1) is 17.0 Å². The van der Waals surface area contributed by atoms with Gasteiger partial charge in [0.05, 0.1) is 16.6 Å². The summed E-state index contributed by atoms with van der Waals surface area (Å²) >= 11 is 0. The molecule has 0 aromatic heterocycles. The van der Waals surface area contributed by atoms with E-state index in [9.17, 15) is 28.1 Å². The van der Waals surface area contributed by atoms with E-state index in [2.05, 4.69) is 4.74 Å². The van der Waals surface area contributed by atoms with Crippen molar-refractivity contribution in [2.75, 3.05) is 0 Å². The number of halogens is 3. The molecule has 0 aliphatic heterocycles. The molecule has 0 fully saturated rings. The molecule has 3 aromatic rings. The van der Waals surface area contributed by atoms with E-state index in [0.29, 0.717) is 11.6 Å². The zero-order chi connectivity index (χ0) is 23.3. The molecular formula is C22H16F3NO6. The Labute approximate surface area is 180 Å². The van der Waals surface area contributed by atoms with Crippen molar-refractivity contribution in [3.8, 4) is 17.2 Å². The first kappa shape index (κ1) is 22.6. The number of ether oxygens (including phenoxy) is 3. The Bertz CT molecular complexity index is 1120. The Balaban J connectivity index is 2.09. The van der Waals surface area contributed by atoms with Gasteiger partial charge in [0.15, 0.2) is 5.75 Å². The van der Waals surface area contributed by atoms with E-state index in [1.165, 1.54) is 19.1 Å². The molecule has 3 aromatic carbocycles. The normalized spacial score (nSPS) is 11.0. The fourth-order valence-electron chi connectivity index (χ4n) is 2.78. The zero-order valence-electron chi connectivity index (χ0n) is 16.6. The third-order valence-corrected chi connectivity index (χ3v) is 4.27. The monoisotopic (exact) mass is 447 g/mol. The number of carbonyl (C=O) groups is 1. The molecule has 0 spiro atoms. The molecule has 0 amide bonds. The lowest BCUT2D eigenvalue weighted by Gasteiger charge is -2.18. The summed E-state index contributed by atoms with van der Waals surface area (Å²) in [5.41, 5.74) is -0.414. The van der Waals surface area contributed by atoms with Gasteiger partial charge in [0.1, 0.15) is 12.4 Å². The van der Waals surface area contributed by atoms with Gasteiger partial charge in [-0.1, -0.05) is 48.5 Å². The van der Waals surface area contributed by atoms with Gasteiger partial charge in [0.2, 0.25) is 5.75 Å². The molecule has 0 heterocycles. The number of hydrogen-bond acceptors (Lipinski definition) is 6. The van der Waals surface area contributed by atoms with E-state index in [-0.39, 0.29) is 17.7 Å². The number of hydrogen-bond donors (Lipinski definition) is 0. The summed E-state index contributed by atoms with van der Waals surface area (Å²) in [7, 11) is 0. The van der Waals surface area contributed by atoms with Crippen molar-refractivity contribution in [2.45, 2.75) is 19.9 Å². The van der Waals surface area contributed by atoms with Crippen molar-refractivity contribution in [2.24, 2.45) is 0 Å². The van der Waals surface area contributed by atoms with Crippen LogP contribution < -0.4 is 14.2 Å². The van der Waals surface area contributed by atoms with Crippen LogP contribution in [0.2, 0.25) is 0 Å². The van der Waals surface area contributed by atoms with Gasteiger partial charge in [0, 0.05) is 5.56 Å². The van der Waals surface area contributed by atoms with Crippen LogP contribution in [0.3, 0.4) is 0 Å². The van der Waals surface area contributed by atoms with E-state index in [1.54, 1.807) is 48.5 Å². The summed E-state index contributed by atoms with van der Waals surface area (Å²) in [6, 6.07) is 16.8. The lowest BCUT2D eigenvalue weighted by atomic mass is 10.1. The first-order valence-corrected chi connectivity index (χ1v) is 9.17. The van der Waals surface area contributed by atoms with Gasteiger partial charge in [-0.05, 0) is 24.6 Å². The zero-order valence-corrected chi connectivity index (χ0v) is 16.6. The maximum Gasteiger partial charge on any atom is 0.573 e. The molecule has 3 rings (SSSR count). The summed E-state index contributed by atoms with van der Waals surface area (Å²) in [5.74, 6) is -2.85. The van der Waals surface area contributed by atoms with Crippen LogP contribution in [0.5, 0.6) is 17.2 Å². The van der Waals surface area contributed by atoms with Crippen LogP contribution in [0.1, 0.15) is 21.5 Å². The summed E-state index contributed by atoms with van der Waals surface area (Å²) in [4.78, 5) is 23.2. The van der Waals surface area contributed by atoms with Crippen LogP contribution in [-0.4, -0.2) is 17.3 Å². The molecule has 10 heteroatoms. The number of esters is 1. The SMILES string of the molecule is Cc1c(OC(F)(F)F)cc([N+](=O)[O-])c(OCc2ccccc2)c1OC(=O)c1ccccc1. The van der Waals surface area contributed by atoms with Gasteiger partial charge in [-0.3, -0.25) is 10.1 Å². The summed E-state index contributed by atoms with van der Waals surface area (Å²) in [6.07, 6.45) is -5.12. The molecule has 0 unspecified atom stereocenters. The second-order valence-electron chi connectivity index (χ2n) is 6.51. The average Bonchev–Trinajstić information content (AvgIpc) is 2.75. The highest BCUT2D eigenvalue weighted by atomic mass is 19.4. The summed E-state index contributed by atoms with van der Waals surface area (Å²) in [6.45, 7) is 1.02. The first-order valence-electron chi connectivity index (χ1n) is 9.17. The fourth-order valence-corrected chi connectivity index (χ4v) is 2.78. The quantitative estimate of drug-likeness (QED) is 0.203. The van der Waals surface area contributed by atoms with Gasteiger partial charge >= 0.3 is 18.0 Å². The van der Waals surface area contributed by atoms with E-state index in [0.717, 1.165) is 0 Å². The van der Waals surface area contributed by atoms with E-state index in [1.807, 2.05) is 0 Å². The minimum absolute atomic E-state index is 0.0886. The number of benzene rings is 3. The predicted octanol–water partition coefficient (Wildman–Crippen LogP) is 5.60. The minimum Gasteiger partial charge on any atom is -0.479 e. The predicted molar refractivity (Wildman–Crippen MR) is 107 cm³/mol. The van der Waals surface area contributed by atoms with E-state index in [4.69, 9.17) is 9.47 Å². The van der Waals surface area contributed by atoms with Crippen molar-refractivity contribution in [1.29, 1.82) is 0 Å². The number of nitro benzene ring substituents is 1. The van der Waals surface area contributed by atoms with E-state index >= 15 is 0 Å². The molecule has 0 N–H and O–H groups in total. The lowest BCUT2D eigenvalue weighted by molar-refractivity contribution is -0.386. The maximum atomic E-state index is 12.9. The highest BCUT2D eigenvalue weighted by Gasteiger charge is 2.36. The summed E-state index contributed by atoms with van der Waals surface area (Å²) < 4.78 is 53.3. The topological polar surface area (TPSA) is 87.9 Å². The van der Waals surface area contributed by atoms with Crippen LogP contribution in [0.15, 0.2) is 66.7 Å². The molecule has 0 radical (unpaired) electrons. The highest BCUT2D eigenvalue weighted by molar-refractivity contribution is 5.92. The molecule has 0 atom stereocenters. The van der Waals surface area contributed by atoms with Crippen molar-refractivity contribution in [3.63, 3.8) is 0 Å². The van der Waals surface area contributed by atoms with Crippen molar-refractivity contribution < 1.29 is 37.1 Å². The van der Waals surface area contributed by atoms with Gasteiger partial charge in [-0.15, -0.1) is 13.2 Å². The van der Waals surface area contributed by atoms with Crippen LogP contribution in [-0.2, 0) is 6.61 Å². The second kappa shape index (κ2) is 9.38. The molecule has 32 heavy (non-hydrogen) atoms. The molecule has 166 valence electrons. The largest absolute Gasteiger partial charge is 0.573 e. The first-order chi connectivity index (χ1) is 15.2. The number of nitro groups is 1. The van der Waals surface area contributed by atoms with Crippen LogP contribution in [0.4, 0.5) is 18.9 Å². The van der Waals surface area contributed by atoms with Crippen LogP contribution >= 0.6 is 0 Å². The molecule has 0 saturated heterocycles. The number of alkyl halides is 3. The minimum atomic E-state index is -5.12. The molecule has 0 bridgehead atoms. The van der Waals surface area contributed by atoms with Crippen molar-refractivity contribution in [3.05, 3.63) is 93.5 Å². The van der Waals surface area contributed by atoms with Crippen molar-refractivity contribution >= 4 is 11.7 Å². The number of carbonyl (C=O) groups excluding carboxylic acids is 1.